The number of likely N-dealkylation sites (tertiary alicyclic amines) is 1. The van der Waals surface area contributed by atoms with Gasteiger partial charge in [-0.05, 0) is 69.2 Å². The average molecular weight is 505 g/mol. The summed E-state index contributed by atoms with van der Waals surface area (Å²) < 4.78 is 33.2. The standard InChI is InChI=1S/C28H30F2N6O/c1-15-25(24-9-18-6-7-23(17-4-5-17)32-27(18)35(24)11-16-2-3-16)33-36-12-19(8-22(30)26(15)36)28(37)34-13-20(29)10-21(31)14-34/h6-9,12,16-17,20-21H,2-5,10-11,13-14,31H2,1H3/t20-,21-/m1/s1. The second kappa shape index (κ2) is 8.34. The van der Waals surface area contributed by atoms with Crippen LogP contribution in [0.4, 0.5) is 8.78 Å². The first kappa shape index (κ1) is 22.8. The number of carbonyl (C=O) groups excluding carboxylic acids is 1. The van der Waals surface area contributed by atoms with Gasteiger partial charge in [0.05, 0.1) is 17.8 Å². The molecular weight excluding hydrogens is 474 g/mol. The minimum Gasteiger partial charge on any atom is -0.334 e. The number of halogens is 2. The smallest absolute Gasteiger partial charge is 0.255 e. The quantitative estimate of drug-likeness (QED) is 0.431. The molecule has 2 aliphatic carbocycles. The van der Waals surface area contributed by atoms with Gasteiger partial charge in [-0.1, -0.05) is 0 Å². The molecule has 3 fully saturated rings. The van der Waals surface area contributed by atoms with Crippen LogP contribution in [-0.4, -0.2) is 55.3 Å². The topological polar surface area (TPSA) is 81.5 Å². The Labute approximate surface area is 213 Å². The molecule has 4 aromatic rings. The molecule has 7 nitrogen and oxygen atoms in total. The summed E-state index contributed by atoms with van der Waals surface area (Å²) in [5.41, 5.74) is 10.8. The summed E-state index contributed by atoms with van der Waals surface area (Å²) >= 11 is 0. The number of hydrogen-bond donors (Lipinski definition) is 1. The van der Waals surface area contributed by atoms with E-state index in [0.29, 0.717) is 28.6 Å². The second-order valence-electron chi connectivity index (χ2n) is 11.2. The Morgan fingerprint density at radius 3 is 2.70 bits per heavy atom. The molecule has 1 aliphatic heterocycles. The monoisotopic (exact) mass is 504 g/mol. The summed E-state index contributed by atoms with van der Waals surface area (Å²) in [7, 11) is 0. The Balaban J connectivity index is 1.32. The third-order valence-corrected chi connectivity index (χ3v) is 8.02. The molecule has 4 aromatic heterocycles. The van der Waals surface area contributed by atoms with Crippen LogP contribution >= 0.6 is 0 Å². The highest BCUT2D eigenvalue weighted by atomic mass is 19.1. The summed E-state index contributed by atoms with van der Waals surface area (Å²) in [6, 6.07) is 7.14. The van der Waals surface area contributed by atoms with Crippen LogP contribution in [0.2, 0.25) is 0 Å². The summed E-state index contributed by atoms with van der Waals surface area (Å²) in [5.74, 6) is 0.211. The first-order valence-electron chi connectivity index (χ1n) is 13.2. The number of nitrogens with zero attached hydrogens (tertiary/aromatic N) is 5. The van der Waals surface area contributed by atoms with Crippen LogP contribution in [0, 0.1) is 18.7 Å². The van der Waals surface area contributed by atoms with Crippen molar-refractivity contribution in [2.45, 2.75) is 63.7 Å². The maximum absolute atomic E-state index is 15.4. The SMILES string of the molecule is Cc1c(-c2cc3ccc(C4CC4)nc3n2CC2CC2)nn2cc(C(=O)N3C[C@H](N)C[C@@H](F)C3)cc(F)c12. The Bertz CT molecular complexity index is 1540. The maximum Gasteiger partial charge on any atom is 0.255 e. The van der Waals surface area contributed by atoms with Gasteiger partial charge in [-0.2, -0.15) is 5.10 Å². The molecule has 0 spiro atoms. The van der Waals surface area contributed by atoms with Crippen LogP contribution in [0.25, 0.3) is 27.9 Å². The number of fused-ring (bicyclic) bond motifs is 2. The summed E-state index contributed by atoms with van der Waals surface area (Å²) in [6.45, 7) is 2.94. The molecule has 2 atom stereocenters. The summed E-state index contributed by atoms with van der Waals surface area (Å²) in [6.07, 6.45) is 5.37. The maximum atomic E-state index is 15.4. The van der Waals surface area contributed by atoms with Gasteiger partial charge >= 0.3 is 0 Å². The highest BCUT2D eigenvalue weighted by Crippen LogP contribution is 2.41. The van der Waals surface area contributed by atoms with Gasteiger partial charge in [0.25, 0.3) is 5.91 Å². The first-order valence-corrected chi connectivity index (χ1v) is 13.2. The molecule has 192 valence electrons. The minimum atomic E-state index is -1.18. The molecule has 1 saturated heterocycles. The van der Waals surface area contributed by atoms with E-state index < -0.39 is 23.9 Å². The fourth-order valence-electron chi connectivity index (χ4n) is 5.74. The second-order valence-corrected chi connectivity index (χ2v) is 11.2. The molecular formula is C28H30F2N6O. The highest BCUT2D eigenvalue weighted by molar-refractivity contribution is 5.95. The molecule has 3 aliphatic rings. The number of alkyl halides is 1. The van der Waals surface area contributed by atoms with Crippen LogP contribution in [0.1, 0.15) is 59.6 Å². The molecule has 9 heteroatoms. The van der Waals surface area contributed by atoms with E-state index in [9.17, 15) is 9.18 Å². The van der Waals surface area contributed by atoms with E-state index in [-0.39, 0.29) is 25.1 Å². The molecule has 0 radical (unpaired) electrons. The van der Waals surface area contributed by atoms with Gasteiger partial charge in [0.15, 0.2) is 0 Å². The average Bonchev–Trinajstić information content (AvgIpc) is 3.79. The van der Waals surface area contributed by atoms with E-state index in [1.54, 1.807) is 6.20 Å². The van der Waals surface area contributed by atoms with Gasteiger partial charge in [-0.15, -0.1) is 0 Å². The summed E-state index contributed by atoms with van der Waals surface area (Å²) in [4.78, 5) is 19.5. The van der Waals surface area contributed by atoms with Crippen LogP contribution in [0.5, 0.6) is 0 Å². The molecule has 37 heavy (non-hydrogen) atoms. The van der Waals surface area contributed by atoms with Crippen LogP contribution in [-0.2, 0) is 6.54 Å². The normalized spacial score (nSPS) is 22.3. The van der Waals surface area contributed by atoms with Crippen molar-refractivity contribution in [3.05, 3.63) is 53.1 Å². The van der Waals surface area contributed by atoms with Gasteiger partial charge in [0, 0.05) is 47.9 Å². The van der Waals surface area contributed by atoms with Crippen molar-refractivity contribution in [1.82, 2.24) is 24.1 Å². The van der Waals surface area contributed by atoms with Gasteiger partial charge in [-0.25, -0.2) is 18.3 Å². The summed E-state index contributed by atoms with van der Waals surface area (Å²) in [5, 5.41) is 5.82. The van der Waals surface area contributed by atoms with E-state index in [2.05, 4.69) is 22.8 Å². The Morgan fingerprint density at radius 2 is 1.97 bits per heavy atom. The van der Waals surface area contributed by atoms with Gasteiger partial charge < -0.3 is 15.2 Å². The number of amides is 1. The van der Waals surface area contributed by atoms with Crippen molar-refractivity contribution < 1.29 is 13.6 Å². The lowest BCUT2D eigenvalue weighted by atomic mass is 10.0. The Kier molecular flexibility index (Phi) is 5.15. The number of aromatic nitrogens is 4. The zero-order valence-electron chi connectivity index (χ0n) is 20.8. The van der Waals surface area contributed by atoms with Gasteiger partial charge in [0.2, 0.25) is 0 Å². The predicted molar refractivity (Wildman–Crippen MR) is 137 cm³/mol. The molecule has 7 rings (SSSR count). The zero-order valence-corrected chi connectivity index (χ0v) is 20.8. The molecule has 0 bridgehead atoms. The van der Waals surface area contributed by atoms with Crippen LogP contribution < -0.4 is 5.73 Å². The molecule has 0 aromatic carbocycles. The van der Waals surface area contributed by atoms with Crippen molar-refractivity contribution in [1.29, 1.82) is 0 Å². The number of piperidine rings is 1. The minimum absolute atomic E-state index is 0.0350. The largest absolute Gasteiger partial charge is 0.334 e. The van der Waals surface area contributed by atoms with Crippen molar-refractivity contribution in [3.63, 3.8) is 0 Å². The lowest BCUT2D eigenvalue weighted by Gasteiger charge is -2.32. The van der Waals surface area contributed by atoms with Crippen molar-refractivity contribution >= 4 is 22.5 Å². The molecule has 2 N–H and O–H groups in total. The Morgan fingerprint density at radius 1 is 1.16 bits per heavy atom. The van der Waals surface area contributed by atoms with Gasteiger partial charge in [-0.3, -0.25) is 4.79 Å². The number of rotatable bonds is 5. The van der Waals surface area contributed by atoms with E-state index in [1.165, 1.54) is 41.2 Å². The van der Waals surface area contributed by atoms with Gasteiger partial charge in [0.1, 0.15) is 28.8 Å². The number of nitrogens with two attached hydrogens (primary N) is 1. The fourth-order valence-corrected chi connectivity index (χ4v) is 5.74. The predicted octanol–water partition coefficient (Wildman–Crippen LogP) is 4.60. The van der Waals surface area contributed by atoms with Crippen molar-refractivity contribution in [2.75, 3.05) is 13.1 Å². The van der Waals surface area contributed by atoms with E-state index >= 15 is 4.39 Å². The Hall–Kier alpha value is -3.33. The third-order valence-electron chi connectivity index (χ3n) is 8.02. The molecule has 5 heterocycles. The third kappa shape index (κ3) is 4.00. The molecule has 1 amide bonds. The van der Waals surface area contributed by atoms with Crippen molar-refractivity contribution in [2.24, 2.45) is 11.7 Å². The van der Waals surface area contributed by atoms with E-state index in [4.69, 9.17) is 15.8 Å². The van der Waals surface area contributed by atoms with Crippen LogP contribution in [0.15, 0.2) is 30.5 Å². The number of aryl methyl sites for hydroxylation is 1. The molecule has 2 saturated carbocycles. The van der Waals surface area contributed by atoms with Crippen LogP contribution in [0.3, 0.4) is 0 Å². The number of pyridine rings is 2. The fraction of sp³-hybridized carbons (Fsp3) is 0.464. The molecule has 0 unspecified atom stereocenters. The van der Waals surface area contributed by atoms with E-state index in [0.717, 1.165) is 29.0 Å². The lowest BCUT2D eigenvalue weighted by molar-refractivity contribution is 0.0605. The zero-order chi connectivity index (χ0) is 25.4. The lowest BCUT2D eigenvalue weighted by Crippen LogP contribution is -2.50. The first-order chi connectivity index (χ1) is 17.9. The number of hydrogen-bond acceptors (Lipinski definition) is 4. The van der Waals surface area contributed by atoms with Crippen molar-refractivity contribution in [3.8, 4) is 11.4 Å². The highest BCUT2D eigenvalue weighted by Gasteiger charge is 2.31. The number of carbonyl (C=O) groups is 1. The van der Waals surface area contributed by atoms with E-state index in [1.807, 2.05) is 6.92 Å².